The minimum absolute atomic E-state index is 0.0180. The molecule has 2 nitrogen and oxygen atoms in total. The Morgan fingerprint density at radius 2 is 0.571 bits per heavy atom. The highest BCUT2D eigenvalue weighted by Crippen LogP contribution is 2.33. The summed E-state index contributed by atoms with van der Waals surface area (Å²) in [5, 5.41) is 0. The Labute approximate surface area is 266 Å². The van der Waals surface area contributed by atoms with Crippen molar-refractivity contribution in [1.82, 2.24) is 0 Å². The zero-order chi connectivity index (χ0) is 30.8. The van der Waals surface area contributed by atoms with E-state index in [1.807, 2.05) is 0 Å². The second-order valence-electron chi connectivity index (χ2n) is 14.2. The molecule has 0 aromatic carbocycles. The summed E-state index contributed by atoms with van der Waals surface area (Å²) in [5.41, 5.74) is -0.277. The van der Waals surface area contributed by atoms with Gasteiger partial charge in [-0.3, -0.25) is 4.79 Å². The summed E-state index contributed by atoms with van der Waals surface area (Å²) in [6, 6.07) is 0. The molecule has 0 saturated heterocycles. The van der Waals surface area contributed by atoms with E-state index in [1.165, 1.54) is 205 Å². The standard InChI is InChI=1S/C40H80O2/c1-5-7-9-11-13-15-17-19-21-23-25-27-29-31-33-35-37-40(3,39(41)42-4)38-36-34-32-30-28-26-24-22-20-18-16-14-12-10-8-6-2/h5-38H2,1-4H3. The van der Waals surface area contributed by atoms with Crippen molar-refractivity contribution in [3.63, 3.8) is 0 Å². The lowest BCUT2D eigenvalue weighted by Crippen LogP contribution is -2.29. The molecule has 0 fully saturated rings. The summed E-state index contributed by atoms with van der Waals surface area (Å²) >= 11 is 0. The molecular formula is C40H80O2. The molecule has 0 heterocycles. The number of rotatable bonds is 35. The lowest BCUT2D eigenvalue weighted by molar-refractivity contribution is -0.152. The Hall–Kier alpha value is -0.530. The first-order chi connectivity index (χ1) is 20.6. The molecule has 0 N–H and O–H groups in total. The van der Waals surface area contributed by atoms with Crippen LogP contribution in [0.1, 0.15) is 239 Å². The topological polar surface area (TPSA) is 26.3 Å². The average molecular weight is 593 g/mol. The van der Waals surface area contributed by atoms with Crippen LogP contribution in [-0.2, 0) is 9.53 Å². The van der Waals surface area contributed by atoms with Crippen molar-refractivity contribution in [2.24, 2.45) is 5.41 Å². The maximum absolute atomic E-state index is 12.6. The third-order valence-electron chi connectivity index (χ3n) is 9.84. The van der Waals surface area contributed by atoms with Gasteiger partial charge in [0.05, 0.1) is 12.5 Å². The fraction of sp³-hybridized carbons (Fsp3) is 0.975. The van der Waals surface area contributed by atoms with E-state index in [9.17, 15) is 4.79 Å². The molecule has 0 aliphatic rings. The van der Waals surface area contributed by atoms with Crippen LogP contribution in [0.15, 0.2) is 0 Å². The second-order valence-corrected chi connectivity index (χ2v) is 14.2. The Kier molecular flexibility index (Phi) is 32.9. The van der Waals surface area contributed by atoms with Gasteiger partial charge >= 0.3 is 5.97 Å². The van der Waals surface area contributed by atoms with Gasteiger partial charge in [-0.2, -0.15) is 0 Å². The van der Waals surface area contributed by atoms with E-state index in [0.717, 1.165) is 12.8 Å². The number of esters is 1. The van der Waals surface area contributed by atoms with Crippen LogP contribution < -0.4 is 0 Å². The van der Waals surface area contributed by atoms with Crippen LogP contribution in [0.25, 0.3) is 0 Å². The molecule has 0 saturated carbocycles. The zero-order valence-corrected chi connectivity index (χ0v) is 29.9. The Bertz CT molecular complexity index is 492. The highest BCUT2D eigenvalue weighted by atomic mass is 16.5. The van der Waals surface area contributed by atoms with Crippen LogP contribution in [0.3, 0.4) is 0 Å². The van der Waals surface area contributed by atoms with E-state index in [1.54, 1.807) is 7.11 Å². The third-order valence-corrected chi connectivity index (χ3v) is 9.84. The quantitative estimate of drug-likeness (QED) is 0.0540. The number of unbranched alkanes of at least 4 members (excludes halogenated alkanes) is 30. The number of hydrogen-bond acceptors (Lipinski definition) is 2. The molecular weight excluding hydrogens is 512 g/mol. The fourth-order valence-electron chi connectivity index (χ4n) is 6.70. The van der Waals surface area contributed by atoms with Gasteiger partial charge in [0.25, 0.3) is 0 Å². The minimum Gasteiger partial charge on any atom is -0.469 e. The van der Waals surface area contributed by atoms with E-state index in [4.69, 9.17) is 4.74 Å². The predicted octanol–water partition coefficient (Wildman–Crippen LogP) is 14.5. The summed E-state index contributed by atoms with van der Waals surface area (Å²) in [6.07, 6.45) is 46.5. The number of carbonyl (C=O) groups is 1. The van der Waals surface area contributed by atoms with Gasteiger partial charge in [-0.15, -0.1) is 0 Å². The van der Waals surface area contributed by atoms with Crippen LogP contribution in [0, 0.1) is 5.41 Å². The Morgan fingerprint density at radius 1 is 0.381 bits per heavy atom. The average Bonchev–Trinajstić information content (AvgIpc) is 3.00. The highest BCUT2D eigenvalue weighted by Gasteiger charge is 2.33. The second kappa shape index (κ2) is 33.4. The van der Waals surface area contributed by atoms with E-state index < -0.39 is 0 Å². The van der Waals surface area contributed by atoms with Crippen molar-refractivity contribution in [3.05, 3.63) is 0 Å². The first-order valence-corrected chi connectivity index (χ1v) is 19.7. The van der Waals surface area contributed by atoms with Crippen molar-refractivity contribution in [1.29, 1.82) is 0 Å². The van der Waals surface area contributed by atoms with Crippen molar-refractivity contribution < 1.29 is 9.53 Å². The van der Waals surface area contributed by atoms with Crippen LogP contribution in [-0.4, -0.2) is 13.1 Å². The minimum atomic E-state index is -0.277. The molecule has 0 unspecified atom stereocenters. The van der Waals surface area contributed by atoms with Gasteiger partial charge in [0.2, 0.25) is 0 Å². The van der Waals surface area contributed by atoms with E-state index in [0.29, 0.717) is 0 Å². The van der Waals surface area contributed by atoms with Gasteiger partial charge in [-0.05, 0) is 19.8 Å². The lowest BCUT2D eigenvalue weighted by atomic mass is 9.79. The number of methoxy groups -OCH3 is 1. The first-order valence-electron chi connectivity index (χ1n) is 19.7. The number of ether oxygens (including phenoxy) is 1. The molecule has 0 aliphatic heterocycles. The maximum atomic E-state index is 12.6. The molecule has 0 aromatic rings. The lowest BCUT2D eigenvalue weighted by Gasteiger charge is -2.26. The van der Waals surface area contributed by atoms with Gasteiger partial charge in [0, 0.05) is 0 Å². The molecule has 2 heteroatoms. The number of carbonyl (C=O) groups excluding carboxylic acids is 1. The monoisotopic (exact) mass is 593 g/mol. The SMILES string of the molecule is CCCCCCCCCCCCCCCCCCC(C)(CCCCCCCCCCCCCCCCCC)C(=O)OC. The van der Waals surface area contributed by atoms with Gasteiger partial charge in [0.15, 0.2) is 0 Å². The molecule has 0 bridgehead atoms. The van der Waals surface area contributed by atoms with Crippen molar-refractivity contribution in [3.8, 4) is 0 Å². The molecule has 0 rings (SSSR count). The van der Waals surface area contributed by atoms with Gasteiger partial charge in [0.1, 0.15) is 0 Å². The van der Waals surface area contributed by atoms with Gasteiger partial charge < -0.3 is 4.74 Å². The summed E-state index contributed by atoms with van der Waals surface area (Å²) in [6.45, 7) is 6.75. The summed E-state index contributed by atoms with van der Waals surface area (Å²) < 4.78 is 5.24. The first kappa shape index (κ1) is 41.5. The van der Waals surface area contributed by atoms with Crippen LogP contribution in [0.5, 0.6) is 0 Å². The van der Waals surface area contributed by atoms with Crippen LogP contribution in [0.2, 0.25) is 0 Å². The maximum Gasteiger partial charge on any atom is 0.311 e. The van der Waals surface area contributed by atoms with Crippen molar-refractivity contribution in [2.75, 3.05) is 7.11 Å². The molecule has 0 aromatic heterocycles. The third kappa shape index (κ3) is 28.3. The van der Waals surface area contributed by atoms with Gasteiger partial charge in [-0.25, -0.2) is 0 Å². The molecule has 252 valence electrons. The molecule has 0 radical (unpaired) electrons. The van der Waals surface area contributed by atoms with Crippen molar-refractivity contribution >= 4 is 5.97 Å². The van der Waals surface area contributed by atoms with Crippen LogP contribution in [0.4, 0.5) is 0 Å². The van der Waals surface area contributed by atoms with Gasteiger partial charge in [-0.1, -0.05) is 219 Å². The van der Waals surface area contributed by atoms with Crippen molar-refractivity contribution in [2.45, 2.75) is 239 Å². The fourth-order valence-corrected chi connectivity index (χ4v) is 6.70. The molecule has 0 amide bonds. The molecule has 42 heavy (non-hydrogen) atoms. The largest absolute Gasteiger partial charge is 0.469 e. The Morgan fingerprint density at radius 3 is 0.762 bits per heavy atom. The summed E-state index contributed by atoms with van der Waals surface area (Å²) in [4.78, 5) is 12.6. The summed E-state index contributed by atoms with van der Waals surface area (Å²) in [5.74, 6) is 0.0180. The highest BCUT2D eigenvalue weighted by molar-refractivity contribution is 5.76. The molecule has 0 spiro atoms. The molecule has 0 aliphatic carbocycles. The van der Waals surface area contributed by atoms with E-state index in [2.05, 4.69) is 20.8 Å². The smallest absolute Gasteiger partial charge is 0.311 e. The van der Waals surface area contributed by atoms with Crippen LogP contribution >= 0.6 is 0 Å². The zero-order valence-electron chi connectivity index (χ0n) is 29.9. The summed E-state index contributed by atoms with van der Waals surface area (Å²) in [7, 11) is 1.57. The normalized spacial score (nSPS) is 11.8. The predicted molar refractivity (Wildman–Crippen MR) is 188 cm³/mol. The van der Waals surface area contributed by atoms with E-state index in [-0.39, 0.29) is 11.4 Å². The number of hydrogen-bond donors (Lipinski definition) is 0. The van der Waals surface area contributed by atoms with E-state index >= 15 is 0 Å². The Balaban J connectivity index is 3.62. The molecule has 0 atom stereocenters.